The lowest BCUT2D eigenvalue weighted by molar-refractivity contribution is -0.117. The van der Waals surface area contributed by atoms with Crippen LogP contribution in [0, 0.1) is 5.82 Å². The summed E-state index contributed by atoms with van der Waals surface area (Å²) in [6.45, 7) is 0. The second kappa shape index (κ2) is 6.45. The van der Waals surface area contributed by atoms with Crippen LogP contribution in [0.5, 0.6) is 0 Å². The Morgan fingerprint density at radius 2 is 1.93 bits per heavy atom. The van der Waals surface area contributed by atoms with Gasteiger partial charge in [0.1, 0.15) is 5.82 Å². The van der Waals surface area contributed by atoms with Crippen LogP contribution in [0.1, 0.15) is 30.0 Å². The van der Waals surface area contributed by atoms with Crippen molar-refractivity contribution in [1.82, 2.24) is 9.78 Å². The zero-order valence-corrected chi connectivity index (χ0v) is 15.2. The molecule has 1 aromatic heterocycles. The van der Waals surface area contributed by atoms with Crippen LogP contribution in [-0.4, -0.2) is 24.1 Å². The number of hydrogen-bond acceptors (Lipinski definition) is 4. The van der Waals surface area contributed by atoms with Gasteiger partial charge in [0.15, 0.2) is 5.03 Å². The number of benzene rings is 2. The molecule has 1 fully saturated rings. The van der Waals surface area contributed by atoms with Crippen LogP contribution in [0.15, 0.2) is 47.5 Å². The average Bonchev–Trinajstić information content (AvgIpc) is 3.35. The highest BCUT2D eigenvalue weighted by atomic mass is 32.2. The lowest BCUT2D eigenvalue weighted by Gasteiger charge is -2.06. The standard InChI is InChI=1S/C19H18FN3O3S/c20-14-8-13(9-17(21)24)18-16(10-14)23(15-6-7-15)22-19(18)27(25,26)11-12-4-2-1-3-5-12/h1-5,8,10,15H,6-7,9,11H2,(H2,21,24). The van der Waals surface area contributed by atoms with Crippen LogP contribution in [-0.2, 0) is 26.8 Å². The molecule has 1 aliphatic carbocycles. The van der Waals surface area contributed by atoms with Gasteiger partial charge in [0.2, 0.25) is 15.7 Å². The third-order valence-corrected chi connectivity index (χ3v) is 6.16. The summed E-state index contributed by atoms with van der Waals surface area (Å²) in [5.74, 6) is -1.43. The van der Waals surface area contributed by atoms with Gasteiger partial charge in [-0.05, 0) is 36.1 Å². The molecule has 1 heterocycles. The van der Waals surface area contributed by atoms with E-state index < -0.39 is 21.6 Å². The Balaban J connectivity index is 1.92. The van der Waals surface area contributed by atoms with Crippen molar-refractivity contribution in [2.24, 2.45) is 5.73 Å². The quantitative estimate of drug-likeness (QED) is 0.703. The molecular formula is C19H18FN3O3S. The Bertz CT molecular complexity index is 1140. The maximum Gasteiger partial charge on any atom is 0.221 e. The molecule has 0 saturated heterocycles. The van der Waals surface area contributed by atoms with E-state index in [0.29, 0.717) is 11.1 Å². The Labute approximate surface area is 155 Å². The summed E-state index contributed by atoms with van der Waals surface area (Å²) in [4.78, 5) is 11.5. The van der Waals surface area contributed by atoms with Crippen LogP contribution in [0.3, 0.4) is 0 Å². The summed E-state index contributed by atoms with van der Waals surface area (Å²) < 4.78 is 41.9. The minimum Gasteiger partial charge on any atom is -0.369 e. The first-order valence-electron chi connectivity index (χ1n) is 8.61. The number of aromatic nitrogens is 2. The second-order valence-electron chi connectivity index (χ2n) is 6.83. The maximum absolute atomic E-state index is 14.1. The molecule has 0 bridgehead atoms. The normalized spacial score (nSPS) is 14.6. The van der Waals surface area contributed by atoms with Crippen LogP contribution in [0.4, 0.5) is 4.39 Å². The van der Waals surface area contributed by atoms with E-state index in [9.17, 15) is 17.6 Å². The van der Waals surface area contributed by atoms with Crippen molar-refractivity contribution in [3.05, 3.63) is 59.4 Å². The monoisotopic (exact) mass is 387 g/mol. The van der Waals surface area contributed by atoms with Gasteiger partial charge in [0.25, 0.3) is 0 Å². The molecule has 0 spiro atoms. The molecule has 1 amide bonds. The van der Waals surface area contributed by atoms with E-state index in [1.807, 2.05) is 0 Å². The molecule has 4 rings (SSSR count). The van der Waals surface area contributed by atoms with Gasteiger partial charge in [-0.25, -0.2) is 12.8 Å². The minimum absolute atomic E-state index is 0.0522. The Morgan fingerprint density at radius 1 is 1.22 bits per heavy atom. The number of fused-ring (bicyclic) bond motifs is 1. The van der Waals surface area contributed by atoms with Crippen molar-refractivity contribution >= 4 is 26.6 Å². The van der Waals surface area contributed by atoms with Crippen LogP contribution < -0.4 is 5.73 Å². The molecule has 27 heavy (non-hydrogen) atoms. The van der Waals surface area contributed by atoms with E-state index in [2.05, 4.69) is 5.10 Å². The number of hydrogen-bond donors (Lipinski definition) is 1. The number of nitrogens with zero attached hydrogens (tertiary/aromatic N) is 2. The van der Waals surface area contributed by atoms with Gasteiger partial charge in [-0.1, -0.05) is 30.3 Å². The highest BCUT2D eigenvalue weighted by Crippen LogP contribution is 2.40. The number of primary amides is 1. The zero-order chi connectivity index (χ0) is 19.2. The predicted molar refractivity (Wildman–Crippen MR) is 98.2 cm³/mol. The largest absolute Gasteiger partial charge is 0.369 e. The van der Waals surface area contributed by atoms with Crippen LogP contribution in [0.25, 0.3) is 10.9 Å². The molecule has 0 radical (unpaired) electrons. The van der Waals surface area contributed by atoms with Crippen molar-refractivity contribution in [3.8, 4) is 0 Å². The van der Waals surface area contributed by atoms with E-state index in [-0.39, 0.29) is 34.2 Å². The summed E-state index contributed by atoms with van der Waals surface area (Å²) in [6.07, 6.45) is 1.46. The van der Waals surface area contributed by atoms with Gasteiger partial charge in [0.05, 0.1) is 23.7 Å². The number of rotatable bonds is 6. The van der Waals surface area contributed by atoms with E-state index in [0.717, 1.165) is 18.9 Å². The number of carbonyl (C=O) groups excluding carboxylic acids is 1. The summed E-state index contributed by atoms with van der Waals surface area (Å²) >= 11 is 0. The van der Waals surface area contributed by atoms with Gasteiger partial charge in [-0.2, -0.15) is 5.10 Å². The van der Waals surface area contributed by atoms with Crippen LogP contribution >= 0.6 is 0 Å². The Kier molecular flexibility index (Phi) is 4.22. The number of amides is 1. The Hall–Kier alpha value is -2.74. The fourth-order valence-electron chi connectivity index (χ4n) is 3.28. The highest BCUT2D eigenvalue weighted by Gasteiger charge is 2.32. The fourth-order valence-corrected chi connectivity index (χ4v) is 4.81. The number of halogens is 1. The number of carbonyl (C=O) groups is 1. The lowest BCUT2D eigenvalue weighted by Crippen LogP contribution is -2.14. The summed E-state index contributed by atoms with van der Waals surface area (Å²) in [6, 6.07) is 11.3. The zero-order valence-electron chi connectivity index (χ0n) is 14.4. The molecule has 0 aliphatic heterocycles. The SMILES string of the molecule is NC(=O)Cc1cc(F)cc2c1c(S(=O)(=O)Cc1ccccc1)nn2C1CC1. The molecule has 1 aliphatic rings. The van der Waals surface area contributed by atoms with Gasteiger partial charge in [-0.3, -0.25) is 9.48 Å². The molecule has 2 N–H and O–H groups in total. The first kappa shape index (κ1) is 17.7. The molecule has 2 aromatic carbocycles. The second-order valence-corrected chi connectivity index (χ2v) is 8.73. The summed E-state index contributed by atoms with van der Waals surface area (Å²) in [7, 11) is -3.80. The first-order chi connectivity index (χ1) is 12.8. The van der Waals surface area contributed by atoms with Gasteiger partial charge < -0.3 is 5.73 Å². The average molecular weight is 387 g/mol. The smallest absolute Gasteiger partial charge is 0.221 e. The number of nitrogens with two attached hydrogens (primary N) is 1. The van der Waals surface area contributed by atoms with Crippen molar-refractivity contribution in [1.29, 1.82) is 0 Å². The molecule has 140 valence electrons. The molecule has 1 saturated carbocycles. The fraction of sp³-hybridized carbons (Fsp3) is 0.263. The molecule has 3 aromatic rings. The van der Waals surface area contributed by atoms with Crippen molar-refractivity contribution in [3.63, 3.8) is 0 Å². The third-order valence-electron chi connectivity index (χ3n) is 4.57. The topological polar surface area (TPSA) is 95.1 Å². The molecule has 0 atom stereocenters. The predicted octanol–water partition coefficient (Wildman–Crippen LogP) is 2.51. The molecule has 0 unspecified atom stereocenters. The van der Waals surface area contributed by atoms with Crippen molar-refractivity contribution < 1.29 is 17.6 Å². The minimum atomic E-state index is -3.80. The maximum atomic E-state index is 14.1. The van der Waals surface area contributed by atoms with Gasteiger partial charge >= 0.3 is 0 Å². The Morgan fingerprint density at radius 3 is 2.56 bits per heavy atom. The van der Waals surface area contributed by atoms with Gasteiger partial charge in [-0.15, -0.1) is 0 Å². The summed E-state index contributed by atoms with van der Waals surface area (Å²) in [5, 5.41) is 4.51. The van der Waals surface area contributed by atoms with Crippen LogP contribution in [0.2, 0.25) is 0 Å². The van der Waals surface area contributed by atoms with E-state index in [4.69, 9.17) is 5.73 Å². The molecule has 8 heteroatoms. The lowest BCUT2D eigenvalue weighted by atomic mass is 10.1. The van der Waals surface area contributed by atoms with E-state index >= 15 is 0 Å². The molecular weight excluding hydrogens is 369 g/mol. The highest BCUT2D eigenvalue weighted by molar-refractivity contribution is 7.90. The third kappa shape index (κ3) is 3.44. The van der Waals surface area contributed by atoms with Crippen molar-refractivity contribution in [2.45, 2.75) is 36.1 Å². The van der Waals surface area contributed by atoms with E-state index in [1.54, 1.807) is 35.0 Å². The van der Waals surface area contributed by atoms with Gasteiger partial charge in [0, 0.05) is 5.39 Å². The molecule has 6 nitrogen and oxygen atoms in total. The summed E-state index contributed by atoms with van der Waals surface area (Å²) in [5.41, 5.74) is 6.55. The number of sulfone groups is 1. The first-order valence-corrected chi connectivity index (χ1v) is 10.3. The van der Waals surface area contributed by atoms with E-state index in [1.165, 1.54) is 6.07 Å². The van der Waals surface area contributed by atoms with Crippen molar-refractivity contribution in [2.75, 3.05) is 0 Å².